The van der Waals surface area contributed by atoms with Gasteiger partial charge in [-0.1, -0.05) is 6.07 Å². The average molecular weight is 845 g/mol. The lowest BCUT2D eigenvalue weighted by Gasteiger charge is -2.44. The van der Waals surface area contributed by atoms with Crippen molar-refractivity contribution in [3.63, 3.8) is 0 Å². The van der Waals surface area contributed by atoms with Gasteiger partial charge in [0.15, 0.2) is 30.4 Å². The van der Waals surface area contributed by atoms with E-state index in [1.165, 1.54) is 18.2 Å². The third-order valence-corrected chi connectivity index (χ3v) is 12.9. The third kappa shape index (κ3) is 8.20. The largest absolute Gasteiger partial charge is 0.508 e. The first-order valence-corrected chi connectivity index (χ1v) is 20.9. The molecule has 2 aromatic rings. The fourth-order valence-corrected chi connectivity index (χ4v) is 9.79. The number of aryl methyl sites for hydroxylation is 1. The first kappa shape index (κ1) is 43.4. The van der Waals surface area contributed by atoms with Gasteiger partial charge in [0.2, 0.25) is 6.29 Å². The van der Waals surface area contributed by atoms with Gasteiger partial charge in [-0.05, 0) is 76.8 Å². The topological polar surface area (TPSA) is 250 Å². The van der Waals surface area contributed by atoms with Crippen molar-refractivity contribution in [2.24, 2.45) is 5.92 Å². The summed E-state index contributed by atoms with van der Waals surface area (Å²) in [5, 5.41) is 75.5. The molecule has 0 radical (unpaired) electrons. The Labute approximate surface area is 347 Å². The van der Waals surface area contributed by atoms with Crippen LogP contribution in [0.5, 0.6) is 17.2 Å². The highest BCUT2D eigenvalue weighted by atomic mass is 16.7. The Morgan fingerprint density at radius 3 is 1.97 bits per heavy atom. The second-order valence-electron chi connectivity index (χ2n) is 17.2. The van der Waals surface area contributed by atoms with Crippen molar-refractivity contribution in [3.05, 3.63) is 52.1 Å². The van der Waals surface area contributed by atoms with Crippen molar-refractivity contribution < 1.29 is 83.2 Å². The molecule has 18 atom stereocenters. The van der Waals surface area contributed by atoms with E-state index in [9.17, 15) is 45.3 Å². The zero-order valence-electron chi connectivity index (χ0n) is 34.2. The maximum Gasteiger partial charge on any atom is 0.202 e. The SMILES string of the molecule is Cc1cc(O)c2c(c1)C[C@@H](O)C1C(=O)c3c(O[C@H]4C[C@@H](O)[C@H](O[C@H]5C[C@@H](O[C@H]6CC[C@H](O[C@H]7C[C@@H](O)[C@H](O)[C@@H](C)O7)[C@H](C)O6)[C@H](O)[C@@H](C)O5)[C@@H](C)O4)ccc(O)c3C(=O)C21. The predicted octanol–water partition coefficient (Wildman–Crippen LogP) is 2.01. The van der Waals surface area contributed by atoms with E-state index in [1.807, 2.05) is 6.92 Å². The fraction of sp³-hybridized carbons (Fsp3) is 0.674. The molecule has 6 aliphatic rings. The number of aliphatic hydroxyl groups excluding tert-OH is 5. The van der Waals surface area contributed by atoms with E-state index >= 15 is 0 Å². The normalized spacial score (nSPS) is 41.9. The van der Waals surface area contributed by atoms with E-state index in [4.69, 9.17) is 37.9 Å². The Balaban J connectivity index is 0.891. The van der Waals surface area contributed by atoms with Crippen molar-refractivity contribution in [1.82, 2.24) is 0 Å². The summed E-state index contributed by atoms with van der Waals surface area (Å²) in [4.78, 5) is 28.3. The van der Waals surface area contributed by atoms with Crippen LogP contribution in [-0.2, 0) is 39.6 Å². The molecule has 0 bridgehead atoms. The number of phenols is 2. The smallest absolute Gasteiger partial charge is 0.202 e. The summed E-state index contributed by atoms with van der Waals surface area (Å²) in [6, 6.07) is 5.82. The monoisotopic (exact) mass is 844 g/mol. The summed E-state index contributed by atoms with van der Waals surface area (Å²) in [6.07, 6.45) is -12.0. The molecule has 4 heterocycles. The second kappa shape index (κ2) is 17.1. The summed E-state index contributed by atoms with van der Waals surface area (Å²) in [6.45, 7) is 8.64. The van der Waals surface area contributed by atoms with Crippen molar-refractivity contribution in [1.29, 1.82) is 0 Å². The molecule has 2 aliphatic carbocycles. The van der Waals surface area contributed by atoms with Gasteiger partial charge in [-0.25, -0.2) is 0 Å². The van der Waals surface area contributed by atoms with Gasteiger partial charge >= 0.3 is 0 Å². The minimum absolute atomic E-state index is 0.0429. The molecule has 0 saturated carbocycles. The van der Waals surface area contributed by atoms with Gasteiger partial charge < -0.3 is 73.6 Å². The van der Waals surface area contributed by atoms with Crippen LogP contribution < -0.4 is 4.74 Å². The maximum atomic E-state index is 14.2. The van der Waals surface area contributed by atoms with E-state index < -0.39 is 121 Å². The van der Waals surface area contributed by atoms with Gasteiger partial charge in [0, 0.05) is 31.2 Å². The summed E-state index contributed by atoms with van der Waals surface area (Å²) in [5.74, 6) is -4.38. The molecule has 8 rings (SSSR count). The van der Waals surface area contributed by atoms with Crippen LogP contribution in [0.25, 0.3) is 0 Å². The highest BCUT2D eigenvalue weighted by Gasteiger charge is 2.53. The Bertz CT molecular complexity index is 1900. The van der Waals surface area contributed by atoms with Gasteiger partial charge in [0.05, 0.1) is 77.9 Å². The number of ketones is 2. The van der Waals surface area contributed by atoms with E-state index in [1.54, 1.807) is 33.8 Å². The van der Waals surface area contributed by atoms with E-state index in [0.29, 0.717) is 18.4 Å². The van der Waals surface area contributed by atoms with Gasteiger partial charge in [-0.15, -0.1) is 0 Å². The molecule has 0 spiro atoms. The molecule has 330 valence electrons. The van der Waals surface area contributed by atoms with Crippen molar-refractivity contribution in [2.45, 2.75) is 177 Å². The molecular formula is C43H56O17. The molecule has 7 N–H and O–H groups in total. The van der Waals surface area contributed by atoms with Crippen LogP contribution in [0, 0.1) is 12.8 Å². The Morgan fingerprint density at radius 1 is 0.617 bits per heavy atom. The van der Waals surface area contributed by atoms with E-state index in [0.717, 1.165) is 5.56 Å². The van der Waals surface area contributed by atoms with Crippen LogP contribution in [0.1, 0.15) is 103 Å². The molecule has 4 fully saturated rings. The van der Waals surface area contributed by atoms with E-state index in [-0.39, 0.29) is 60.0 Å². The highest BCUT2D eigenvalue weighted by Crippen LogP contribution is 2.51. The lowest BCUT2D eigenvalue weighted by Crippen LogP contribution is -2.55. The zero-order valence-corrected chi connectivity index (χ0v) is 34.2. The lowest BCUT2D eigenvalue weighted by molar-refractivity contribution is -0.330. The molecule has 17 nitrogen and oxygen atoms in total. The molecule has 4 saturated heterocycles. The van der Waals surface area contributed by atoms with Crippen LogP contribution in [0.4, 0.5) is 0 Å². The van der Waals surface area contributed by atoms with Crippen molar-refractivity contribution >= 4 is 11.6 Å². The Kier molecular flexibility index (Phi) is 12.4. The number of carbonyl (C=O) groups excluding carboxylic acids is 2. The number of phenolic OH excluding ortho intramolecular Hbond substituents is 2. The minimum atomic E-state index is -1.24. The van der Waals surface area contributed by atoms with Crippen LogP contribution in [0.2, 0.25) is 0 Å². The number of hydrogen-bond acceptors (Lipinski definition) is 17. The van der Waals surface area contributed by atoms with Crippen LogP contribution in [0.3, 0.4) is 0 Å². The summed E-state index contributed by atoms with van der Waals surface area (Å²) in [5.41, 5.74) is 1.06. The fourth-order valence-electron chi connectivity index (χ4n) is 9.79. The molecule has 17 heteroatoms. The summed E-state index contributed by atoms with van der Waals surface area (Å²) >= 11 is 0. The van der Waals surface area contributed by atoms with Gasteiger partial charge in [0.25, 0.3) is 0 Å². The predicted molar refractivity (Wildman–Crippen MR) is 205 cm³/mol. The van der Waals surface area contributed by atoms with Gasteiger partial charge in [-0.2, -0.15) is 0 Å². The second-order valence-corrected chi connectivity index (χ2v) is 17.2. The molecular weight excluding hydrogens is 788 g/mol. The van der Waals surface area contributed by atoms with Crippen LogP contribution in [-0.4, -0.2) is 146 Å². The van der Waals surface area contributed by atoms with Crippen molar-refractivity contribution in [3.8, 4) is 17.2 Å². The number of aliphatic hydroxyl groups is 5. The number of carbonyl (C=O) groups is 2. The number of fused-ring (bicyclic) bond motifs is 4. The molecule has 2 aromatic carbocycles. The molecule has 0 aromatic heterocycles. The minimum Gasteiger partial charge on any atom is -0.508 e. The first-order valence-electron chi connectivity index (χ1n) is 20.9. The Hall–Kier alpha value is -3.30. The number of ether oxygens (including phenoxy) is 8. The standard InChI is InChI=1S/C43H56O17/c1-16-10-21-12-24(46)36-38(34(21)23(45)11-16)42(52)35-22(44)6-7-28(37(35)41(36)51)58-32-14-26(48)43(20(5)56-32)60-33-15-29(40(50)19(4)55-33)59-30-9-8-27(17(2)53-30)57-31-13-25(47)39(49)18(3)54-31/h6-7,10-11,17-20,24-27,29-33,36,38-40,43-50H,8-9,12-15H2,1-5H3/t17-,18+,19+,20+,24+,25+,26+,27-,29+,30-,31-,32-,33-,36?,38?,39+,40+,43+/m0/s1. The molecule has 60 heavy (non-hydrogen) atoms. The maximum absolute atomic E-state index is 14.2. The number of benzene rings is 2. The Morgan fingerprint density at radius 2 is 1.27 bits per heavy atom. The van der Waals surface area contributed by atoms with Gasteiger partial charge in [0.1, 0.15) is 35.6 Å². The third-order valence-electron chi connectivity index (χ3n) is 12.9. The molecule has 2 unspecified atom stereocenters. The highest BCUT2D eigenvalue weighted by molar-refractivity contribution is 6.21. The number of rotatable bonds is 8. The first-order chi connectivity index (χ1) is 28.5. The summed E-state index contributed by atoms with van der Waals surface area (Å²) < 4.78 is 48.7. The quantitative estimate of drug-likeness (QED) is 0.201. The average Bonchev–Trinajstić information content (AvgIpc) is 3.17. The van der Waals surface area contributed by atoms with Gasteiger partial charge in [-0.3, -0.25) is 9.59 Å². The lowest BCUT2D eigenvalue weighted by atomic mass is 9.63. The van der Waals surface area contributed by atoms with Crippen LogP contribution in [0.15, 0.2) is 24.3 Å². The summed E-state index contributed by atoms with van der Waals surface area (Å²) in [7, 11) is 0. The number of hydrogen-bond donors (Lipinski definition) is 7. The van der Waals surface area contributed by atoms with Crippen molar-refractivity contribution in [2.75, 3.05) is 0 Å². The number of aromatic hydroxyl groups is 2. The number of Topliss-reactive ketones (excluding diaryl/α,β-unsaturated/α-hetero) is 2. The zero-order chi connectivity index (χ0) is 42.9. The molecule has 0 amide bonds. The van der Waals surface area contributed by atoms with Crippen LogP contribution >= 0.6 is 0 Å². The molecule has 4 aliphatic heterocycles. The van der Waals surface area contributed by atoms with E-state index in [2.05, 4.69) is 0 Å².